The maximum atomic E-state index is 10.9. The summed E-state index contributed by atoms with van der Waals surface area (Å²) in [6.07, 6.45) is 1.39. The quantitative estimate of drug-likeness (QED) is 0.773. The Morgan fingerprint density at radius 3 is 2.56 bits per heavy atom. The number of carboxylic acid groups (broad SMARTS) is 1. The van der Waals surface area contributed by atoms with Crippen LogP contribution >= 0.6 is 0 Å². The fraction of sp³-hybridized carbons (Fsp3) is 0.700. The second kappa shape index (κ2) is 4.61. The highest BCUT2D eigenvalue weighted by Gasteiger charge is 2.22. The molecule has 2 N–H and O–H groups in total. The third-order valence-electron chi connectivity index (χ3n) is 2.06. The van der Waals surface area contributed by atoms with Crippen LogP contribution in [-0.2, 0) is 13.0 Å². The first-order chi connectivity index (χ1) is 7.35. The van der Waals surface area contributed by atoms with Crippen LogP contribution in [0.15, 0.2) is 0 Å². The van der Waals surface area contributed by atoms with E-state index in [4.69, 9.17) is 5.11 Å². The third-order valence-corrected chi connectivity index (χ3v) is 2.06. The smallest absolute Gasteiger partial charge is 0.358 e. The Labute approximate surface area is 93.9 Å². The van der Waals surface area contributed by atoms with Crippen molar-refractivity contribution < 1.29 is 15.0 Å². The second-order valence-corrected chi connectivity index (χ2v) is 4.41. The number of carbonyl (C=O) groups is 1. The Balaban J connectivity index is 3.05. The van der Waals surface area contributed by atoms with Gasteiger partial charge in [-0.05, 0) is 20.3 Å². The van der Waals surface area contributed by atoms with Crippen molar-refractivity contribution in [1.82, 2.24) is 15.0 Å². The zero-order chi connectivity index (χ0) is 12.3. The predicted octanol–water partition coefficient (Wildman–Crippen LogP) is 0.700. The maximum absolute atomic E-state index is 10.9. The van der Waals surface area contributed by atoms with E-state index in [1.165, 1.54) is 4.68 Å². The molecule has 1 heterocycles. The number of aliphatic hydroxyl groups is 1. The van der Waals surface area contributed by atoms with Crippen LogP contribution in [0.3, 0.4) is 0 Å². The first kappa shape index (κ1) is 12.6. The standard InChI is InChI=1S/C10H17N3O3/c1-4-5-7-8(9(14)15)11-12-13(7)6-10(2,3)16/h16H,4-6H2,1-3H3,(H,14,15). The molecule has 0 aliphatic rings. The van der Waals surface area contributed by atoms with Crippen molar-refractivity contribution in [2.24, 2.45) is 0 Å². The van der Waals surface area contributed by atoms with E-state index in [0.29, 0.717) is 12.1 Å². The van der Waals surface area contributed by atoms with Crippen LogP contribution in [0.4, 0.5) is 0 Å². The molecule has 0 amide bonds. The molecule has 6 nitrogen and oxygen atoms in total. The van der Waals surface area contributed by atoms with E-state index in [0.717, 1.165) is 6.42 Å². The van der Waals surface area contributed by atoms with Crippen molar-refractivity contribution in [3.05, 3.63) is 11.4 Å². The first-order valence-corrected chi connectivity index (χ1v) is 5.23. The van der Waals surface area contributed by atoms with Gasteiger partial charge < -0.3 is 10.2 Å². The monoisotopic (exact) mass is 227 g/mol. The van der Waals surface area contributed by atoms with Crippen LogP contribution in [0.25, 0.3) is 0 Å². The average molecular weight is 227 g/mol. The van der Waals surface area contributed by atoms with Gasteiger partial charge in [-0.15, -0.1) is 5.10 Å². The second-order valence-electron chi connectivity index (χ2n) is 4.41. The summed E-state index contributed by atoms with van der Waals surface area (Å²) in [7, 11) is 0. The third kappa shape index (κ3) is 3.03. The lowest BCUT2D eigenvalue weighted by Gasteiger charge is -2.17. The van der Waals surface area contributed by atoms with Gasteiger partial charge in [0.05, 0.1) is 17.8 Å². The molecule has 0 bridgehead atoms. The van der Waals surface area contributed by atoms with Gasteiger partial charge in [-0.3, -0.25) is 0 Å². The Morgan fingerprint density at radius 1 is 1.50 bits per heavy atom. The van der Waals surface area contributed by atoms with Crippen LogP contribution in [0.5, 0.6) is 0 Å². The molecule has 0 spiro atoms. The predicted molar refractivity (Wildman–Crippen MR) is 57.3 cm³/mol. The van der Waals surface area contributed by atoms with E-state index >= 15 is 0 Å². The summed E-state index contributed by atoms with van der Waals surface area (Å²) in [5.41, 5.74) is -0.394. The molecule has 6 heteroatoms. The lowest BCUT2D eigenvalue weighted by atomic mass is 10.1. The minimum Gasteiger partial charge on any atom is -0.476 e. The van der Waals surface area contributed by atoms with Gasteiger partial charge in [-0.1, -0.05) is 18.6 Å². The van der Waals surface area contributed by atoms with E-state index in [9.17, 15) is 9.90 Å². The molecule has 16 heavy (non-hydrogen) atoms. The van der Waals surface area contributed by atoms with Crippen LogP contribution in [-0.4, -0.2) is 36.8 Å². The fourth-order valence-electron chi connectivity index (χ4n) is 1.48. The van der Waals surface area contributed by atoms with Gasteiger partial charge in [0, 0.05) is 0 Å². The van der Waals surface area contributed by atoms with Crippen molar-refractivity contribution in [2.45, 2.75) is 45.8 Å². The van der Waals surface area contributed by atoms with Gasteiger partial charge in [-0.25, -0.2) is 9.48 Å². The highest BCUT2D eigenvalue weighted by molar-refractivity contribution is 5.86. The van der Waals surface area contributed by atoms with Crippen LogP contribution < -0.4 is 0 Å². The van der Waals surface area contributed by atoms with Gasteiger partial charge in [0.25, 0.3) is 0 Å². The molecule has 0 saturated heterocycles. The topological polar surface area (TPSA) is 88.2 Å². The summed E-state index contributed by atoms with van der Waals surface area (Å²) in [5.74, 6) is -1.08. The molecule has 0 aliphatic carbocycles. The Kier molecular flexibility index (Phi) is 3.64. The molecule has 0 aromatic carbocycles. The minimum absolute atomic E-state index is 0.0221. The molecule has 0 fully saturated rings. The number of hydrogen-bond acceptors (Lipinski definition) is 4. The Morgan fingerprint density at radius 2 is 2.12 bits per heavy atom. The van der Waals surface area contributed by atoms with Gasteiger partial charge in [0.2, 0.25) is 0 Å². The summed E-state index contributed by atoms with van der Waals surface area (Å²) in [6, 6.07) is 0. The maximum Gasteiger partial charge on any atom is 0.358 e. The van der Waals surface area contributed by atoms with Crippen molar-refractivity contribution in [3.8, 4) is 0 Å². The van der Waals surface area contributed by atoms with E-state index in [2.05, 4.69) is 10.3 Å². The zero-order valence-corrected chi connectivity index (χ0v) is 9.77. The average Bonchev–Trinajstić information content (AvgIpc) is 2.47. The van der Waals surface area contributed by atoms with Crippen LogP contribution in [0.1, 0.15) is 43.4 Å². The normalized spacial score (nSPS) is 11.8. The summed E-state index contributed by atoms with van der Waals surface area (Å²) >= 11 is 0. The molecular weight excluding hydrogens is 210 g/mol. The van der Waals surface area contributed by atoms with Crippen molar-refractivity contribution in [2.75, 3.05) is 0 Å². The van der Waals surface area contributed by atoms with Gasteiger partial charge in [0.15, 0.2) is 5.69 Å². The minimum atomic E-state index is -1.08. The number of carboxylic acids is 1. The largest absolute Gasteiger partial charge is 0.476 e. The van der Waals surface area contributed by atoms with Crippen LogP contribution in [0, 0.1) is 0 Å². The summed E-state index contributed by atoms with van der Waals surface area (Å²) < 4.78 is 1.47. The number of hydrogen-bond donors (Lipinski definition) is 2. The van der Waals surface area contributed by atoms with Gasteiger partial charge >= 0.3 is 5.97 Å². The zero-order valence-electron chi connectivity index (χ0n) is 9.77. The number of nitrogens with zero attached hydrogens (tertiary/aromatic N) is 3. The number of rotatable bonds is 5. The van der Waals surface area contributed by atoms with Crippen molar-refractivity contribution >= 4 is 5.97 Å². The van der Waals surface area contributed by atoms with E-state index in [1.807, 2.05) is 6.92 Å². The highest BCUT2D eigenvalue weighted by atomic mass is 16.4. The molecule has 0 atom stereocenters. The molecule has 90 valence electrons. The van der Waals surface area contributed by atoms with E-state index < -0.39 is 11.6 Å². The lowest BCUT2D eigenvalue weighted by molar-refractivity contribution is 0.0559. The molecule has 0 aliphatic heterocycles. The fourth-order valence-corrected chi connectivity index (χ4v) is 1.48. The van der Waals surface area contributed by atoms with E-state index in [-0.39, 0.29) is 12.2 Å². The van der Waals surface area contributed by atoms with Crippen molar-refractivity contribution in [1.29, 1.82) is 0 Å². The molecular formula is C10H17N3O3. The van der Waals surface area contributed by atoms with Crippen molar-refractivity contribution in [3.63, 3.8) is 0 Å². The summed E-state index contributed by atoms with van der Waals surface area (Å²) in [5, 5.41) is 26.0. The lowest BCUT2D eigenvalue weighted by Crippen LogP contribution is -2.28. The molecule has 0 saturated carbocycles. The summed E-state index contributed by atoms with van der Waals surface area (Å²) in [4.78, 5) is 10.9. The summed E-state index contributed by atoms with van der Waals surface area (Å²) in [6.45, 7) is 5.48. The molecule has 1 rings (SSSR count). The van der Waals surface area contributed by atoms with Crippen LogP contribution in [0.2, 0.25) is 0 Å². The number of aromatic nitrogens is 3. The van der Waals surface area contributed by atoms with Gasteiger partial charge in [0.1, 0.15) is 0 Å². The molecule has 1 aromatic heterocycles. The molecule has 0 unspecified atom stereocenters. The SMILES string of the molecule is CCCc1c(C(=O)O)nnn1CC(C)(C)O. The number of aromatic carboxylic acids is 1. The highest BCUT2D eigenvalue weighted by Crippen LogP contribution is 2.12. The first-order valence-electron chi connectivity index (χ1n) is 5.23. The molecule has 1 aromatic rings. The Bertz CT molecular complexity index is 379. The Hall–Kier alpha value is -1.43. The molecule has 0 radical (unpaired) electrons. The van der Waals surface area contributed by atoms with E-state index in [1.54, 1.807) is 13.8 Å². The van der Waals surface area contributed by atoms with Gasteiger partial charge in [-0.2, -0.15) is 0 Å².